The number of hydroxylamine groups is 2. The Balaban J connectivity index is 0.875. The number of esters is 2. The first kappa shape index (κ1) is 49.2. The van der Waals surface area contributed by atoms with Gasteiger partial charge in [-0.1, -0.05) is 69.3 Å². The number of nitrogens with zero attached hydrogens (tertiary/aromatic N) is 4. The number of ether oxygens (including phenoxy) is 4. The minimum Gasteiger partial charge on any atom is -0.457 e. The highest BCUT2D eigenvalue weighted by Gasteiger charge is 2.51. The number of aromatic nitrogens is 2. The fourth-order valence-electron chi connectivity index (χ4n) is 11.1. The van der Waals surface area contributed by atoms with E-state index in [0.29, 0.717) is 64.9 Å². The van der Waals surface area contributed by atoms with Gasteiger partial charge in [-0.2, -0.15) is 0 Å². The first-order valence-electron chi connectivity index (χ1n) is 24.9. The molecule has 5 aliphatic rings. The number of carbonyl (C=O) groups excluding carboxylic acids is 5. The van der Waals surface area contributed by atoms with E-state index in [1.54, 1.807) is 59.4 Å². The Hall–Kier alpha value is -7.34. The summed E-state index contributed by atoms with van der Waals surface area (Å²) in [5.41, 5.74) is 4.31. The van der Waals surface area contributed by atoms with E-state index in [0.717, 1.165) is 27.8 Å². The second-order valence-electron chi connectivity index (χ2n) is 21.3. The molecule has 18 heteroatoms. The summed E-state index contributed by atoms with van der Waals surface area (Å²) in [7, 11) is 0. The van der Waals surface area contributed by atoms with E-state index in [2.05, 4.69) is 34.9 Å². The number of nitrogens with one attached hydrogen (secondary N) is 2. The fourth-order valence-corrected chi connectivity index (χ4v) is 11.1. The quantitative estimate of drug-likeness (QED) is 0.0985. The molecule has 2 N–H and O–H groups in total. The smallest absolute Gasteiger partial charge is 0.426 e. The molecule has 73 heavy (non-hydrogen) atoms. The Morgan fingerprint density at radius 2 is 1.59 bits per heavy atom. The van der Waals surface area contributed by atoms with Gasteiger partial charge in [-0.15, -0.1) is 5.06 Å². The van der Waals surface area contributed by atoms with Gasteiger partial charge in [0, 0.05) is 48.1 Å². The van der Waals surface area contributed by atoms with Crippen LogP contribution in [0.2, 0.25) is 0 Å². The molecule has 3 aliphatic heterocycles. The van der Waals surface area contributed by atoms with E-state index in [9.17, 15) is 28.8 Å². The van der Waals surface area contributed by atoms with Gasteiger partial charge in [0.2, 0.25) is 5.60 Å². The van der Waals surface area contributed by atoms with Crippen molar-refractivity contribution in [2.75, 3.05) is 39.3 Å². The Kier molecular flexibility index (Phi) is 12.6. The van der Waals surface area contributed by atoms with Crippen LogP contribution in [0.3, 0.4) is 0 Å². The predicted octanol–water partition coefficient (Wildman–Crippen LogP) is 8.21. The average molecular weight is 999 g/mol. The van der Waals surface area contributed by atoms with Crippen LogP contribution in [0.5, 0.6) is 0 Å². The number of benzene rings is 3. The number of fused-ring (bicyclic) bond motifs is 8. The molecule has 2 aliphatic carbocycles. The van der Waals surface area contributed by atoms with E-state index >= 15 is 4.39 Å². The zero-order chi connectivity index (χ0) is 51.7. The number of piperazine rings is 1. The van der Waals surface area contributed by atoms with Gasteiger partial charge in [-0.05, 0) is 97.4 Å². The van der Waals surface area contributed by atoms with E-state index in [1.807, 2.05) is 24.3 Å². The van der Waals surface area contributed by atoms with E-state index in [1.165, 1.54) is 15.7 Å². The second-order valence-corrected chi connectivity index (χ2v) is 21.3. The Labute approximate surface area is 421 Å². The third-order valence-electron chi connectivity index (χ3n) is 14.7. The third kappa shape index (κ3) is 9.03. The van der Waals surface area contributed by atoms with Crippen molar-refractivity contribution in [3.8, 4) is 22.5 Å². The van der Waals surface area contributed by atoms with Gasteiger partial charge in [0.15, 0.2) is 0 Å². The number of hydrogen-bond donors (Lipinski definition) is 2. The zero-order valence-corrected chi connectivity index (χ0v) is 42.1. The first-order valence-corrected chi connectivity index (χ1v) is 24.9. The molecule has 382 valence electrons. The zero-order valence-electron chi connectivity index (χ0n) is 42.1. The number of pyridine rings is 2. The highest BCUT2D eigenvalue weighted by Crippen LogP contribution is 2.48. The van der Waals surface area contributed by atoms with Crippen molar-refractivity contribution in [1.82, 2.24) is 30.1 Å². The second kappa shape index (κ2) is 18.6. The summed E-state index contributed by atoms with van der Waals surface area (Å²) in [5.74, 6) is -2.21. The van der Waals surface area contributed by atoms with Crippen molar-refractivity contribution < 1.29 is 52.1 Å². The van der Waals surface area contributed by atoms with E-state index in [4.69, 9.17) is 28.8 Å². The lowest BCUT2D eigenvalue weighted by Crippen LogP contribution is -2.51. The predicted molar refractivity (Wildman–Crippen MR) is 265 cm³/mol. The van der Waals surface area contributed by atoms with Crippen LogP contribution < -0.4 is 16.2 Å². The monoisotopic (exact) mass is 998 g/mol. The standard InChI is InChI=1S/C55H59FN6O11/c1-8-55(71-44(63)25-54(6,7)29-57-50(66)73-61-21-19-60(20-22-61)52(68)72-53(3,4)5)39-23-43-47-36(26-62(43)48(64)38(39)28-69-49(55)65)46-41(18-17-31-30(2)40(56)24-42(58-47)45(31)46)59-51(67)70-27-37-34-15-11-9-13-32(34)33-14-10-12-16-35(33)37/h9-16,23-24,37,41H,8,17-22,25-29H2,1-7H3,(H,57,66)(H,59,67)/t41-,55-/m0/s1. The molecule has 1 saturated heterocycles. The molecule has 10 rings (SSSR count). The number of cyclic esters (lactones) is 1. The van der Waals surface area contributed by atoms with Gasteiger partial charge in [-0.25, -0.2) is 28.6 Å². The summed E-state index contributed by atoms with van der Waals surface area (Å²) >= 11 is 0. The van der Waals surface area contributed by atoms with Crippen LogP contribution in [0.25, 0.3) is 33.4 Å². The van der Waals surface area contributed by atoms with Crippen molar-refractivity contribution in [3.63, 3.8) is 0 Å². The molecule has 0 spiro atoms. The van der Waals surface area contributed by atoms with Crippen molar-refractivity contribution in [3.05, 3.63) is 121 Å². The van der Waals surface area contributed by atoms with Crippen LogP contribution in [0.15, 0.2) is 65.5 Å². The number of halogens is 1. The molecule has 0 bridgehead atoms. The summed E-state index contributed by atoms with van der Waals surface area (Å²) < 4.78 is 40.4. The van der Waals surface area contributed by atoms with Crippen LogP contribution in [-0.4, -0.2) is 94.7 Å². The Morgan fingerprint density at radius 3 is 2.26 bits per heavy atom. The van der Waals surface area contributed by atoms with E-state index in [-0.39, 0.29) is 69.3 Å². The van der Waals surface area contributed by atoms with Crippen LogP contribution in [0.1, 0.15) is 117 Å². The maximum Gasteiger partial charge on any atom is 0.426 e. The maximum atomic E-state index is 15.7. The number of amides is 3. The van der Waals surface area contributed by atoms with Gasteiger partial charge < -0.3 is 43.9 Å². The maximum absolute atomic E-state index is 15.7. The minimum atomic E-state index is -2.01. The minimum absolute atomic E-state index is 0.00839. The molecule has 0 saturated carbocycles. The van der Waals surface area contributed by atoms with Crippen LogP contribution in [0, 0.1) is 18.2 Å². The summed E-state index contributed by atoms with van der Waals surface area (Å²) in [6.07, 6.45) is -1.26. The van der Waals surface area contributed by atoms with Gasteiger partial charge in [0.25, 0.3) is 5.56 Å². The van der Waals surface area contributed by atoms with Crippen LogP contribution in [0.4, 0.5) is 18.8 Å². The lowest BCUT2D eigenvalue weighted by molar-refractivity contribution is -0.190. The Morgan fingerprint density at radius 1 is 0.904 bits per heavy atom. The number of rotatable bonds is 10. The largest absolute Gasteiger partial charge is 0.457 e. The molecule has 3 amide bonds. The first-order chi connectivity index (χ1) is 34.8. The summed E-state index contributed by atoms with van der Waals surface area (Å²) in [4.78, 5) is 93.9. The fraction of sp³-hybridized carbons (Fsp3) is 0.436. The van der Waals surface area contributed by atoms with Gasteiger partial charge >= 0.3 is 30.2 Å². The molecule has 2 aromatic heterocycles. The molecule has 5 aromatic rings. The van der Waals surface area contributed by atoms with Crippen molar-refractivity contribution in [1.29, 1.82) is 0 Å². The molecule has 1 fully saturated rings. The highest BCUT2D eigenvalue weighted by molar-refractivity contribution is 5.94. The highest BCUT2D eigenvalue weighted by atomic mass is 19.1. The molecule has 0 unspecified atom stereocenters. The Bertz CT molecular complexity index is 3150. The molecule has 3 aromatic carbocycles. The molecule has 17 nitrogen and oxygen atoms in total. The lowest BCUT2D eigenvalue weighted by Gasteiger charge is -2.36. The third-order valence-corrected chi connectivity index (χ3v) is 14.7. The summed E-state index contributed by atoms with van der Waals surface area (Å²) in [5, 5.41) is 7.97. The number of aryl methyl sites for hydroxylation is 1. The van der Waals surface area contributed by atoms with Gasteiger partial charge in [0.05, 0.1) is 54.6 Å². The van der Waals surface area contributed by atoms with Crippen LogP contribution >= 0.6 is 0 Å². The van der Waals surface area contributed by atoms with E-state index < -0.39 is 64.3 Å². The lowest BCUT2D eigenvalue weighted by atomic mass is 9.81. The van der Waals surface area contributed by atoms with Crippen LogP contribution in [-0.2, 0) is 58.5 Å². The van der Waals surface area contributed by atoms with Gasteiger partial charge in [-0.3, -0.25) is 9.59 Å². The van der Waals surface area contributed by atoms with Gasteiger partial charge in [0.1, 0.15) is 24.6 Å². The summed E-state index contributed by atoms with van der Waals surface area (Å²) in [6.45, 7) is 13.2. The normalized spacial score (nSPS) is 18.9. The molecular formula is C55H59FN6O11. The van der Waals surface area contributed by atoms with Crippen molar-refractivity contribution in [2.24, 2.45) is 5.41 Å². The molecule has 5 heterocycles. The van der Waals surface area contributed by atoms with Crippen molar-refractivity contribution >= 4 is 41.1 Å². The SMILES string of the molecule is CC[C@@]1(OC(=O)CC(C)(C)CNC(=O)ON2CCN(C(=O)OC(C)(C)C)CC2)C(=O)OCc2c1cc1n(c2=O)Cc2c-1nc1cc(F)c(C)c3c1c2[C@@H](NC(=O)OCC1c2ccccc2-c2ccccc21)CC3. The number of carbonyl (C=O) groups is 5. The number of alkyl carbamates (subject to hydrolysis) is 1. The average Bonchev–Trinajstić information content (AvgIpc) is 3.88. The number of hydrogen-bond acceptors (Lipinski definition) is 13. The molecule has 0 radical (unpaired) electrons. The molecule has 2 atom stereocenters. The topological polar surface area (TPSA) is 197 Å². The molecular weight excluding hydrogens is 940 g/mol. The van der Waals surface area contributed by atoms with Crippen molar-refractivity contribution in [2.45, 2.75) is 110 Å². The summed E-state index contributed by atoms with van der Waals surface area (Å²) in [6, 6.07) is 18.6.